The lowest BCUT2D eigenvalue weighted by Crippen LogP contribution is -2.45. The van der Waals surface area contributed by atoms with Crippen LogP contribution in [0.4, 0.5) is 5.69 Å². The van der Waals surface area contributed by atoms with Gasteiger partial charge in [-0.3, -0.25) is 14.5 Å². The van der Waals surface area contributed by atoms with Gasteiger partial charge in [0.1, 0.15) is 5.75 Å². The number of ether oxygens (including phenoxy) is 2. The largest absolute Gasteiger partial charge is 0.497 e. The highest BCUT2D eigenvalue weighted by Crippen LogP contribution is 2.21. The zero-order chi connectivity index (χ0) is 16.7. The van der Waals surface area contributed by atoms with Crippen LogP contribution in [0.2, 0.25) is 0 Å². The first-order valence-corrected chi connectivity index (χ1v) is 7.87. The molecule has 1 N–H and O–H groups in total. The summed E-state index contributed by atoms with van der Waals surface area (Å²) in [7, 11) is 2.98. The number of anilines is 1. The van der Waals surface area contributed by atoms with E-state index in [2.05, 4.69) is 10.2 Å². The van der Waals surface area contributed by atoms with Crippen LogP contribution in [0.5, 0.6) is 5.75 Å². The minimum atomic E-state index is -0.227. The average Bonchev–Trinajstić information content (AvgIpc) is 2.56. The van der Waals surface area contributed by atoms with Crippen LogP contribution in [0.25, 0.3) is 0 Å². The molecule has 1 aliphatic heterocycles. The van der Waals surface area contributed by atoms with E-state index in [1.54, 1.807) is 13.2 Å². The number of benzene rings is 1. The molecule has 2 rings (SSSR count). The highest BCUT2D eigenvalue weighted by atomic mass is 16.5. The summed E-state index contributed by atoms with van der Waals surface area (Å²) in [6.45, 7) is 1.10. The number of nitrogens with zero attached hydrogens (tertiary/aromatic N) is 1. The third-order valence-electron chi connectivity index (χ3n) is 4.08. The van der Waals surface area contributed by atoms with Crippen LogP contribution in [-0.4, -0.2) is 50.1 Å². The van der Waals surface area contributed by atoms with E-state index in [0.29, 0.717) is 17.9 Å². The van der Waals surface area contributed by atoms with Crippen LogP contribution < -0.4 is 10.1 Å². The summed E-state index contributed by atoms with van der Waals surface area (Å²) >= 11 is 0. The van der Waals surface area contributed by atoms with Crippen LogP contribution in [0, 0.1) is 0 Å². The summed E-state index contributed by atoms with van der Waals surface area (Å²) in [4.78, 5) is 25.8. The van der Waals surface area contributed by atoms with Crippen molar-refractivity contribution in [2.45, 2.75) is 31.7 Å². The van der Waals surface area contributed by atoms with Gasteiger partial charge in [0, 0.05) is 17.8 Å². The van der Waals surface area contributed by atoms with Crippen molar-refractivity contribution in [1.29, 1.82) is 0 Å². The minimum absolute atomic E-state index is 0.0762. The van der Waals surface area contributed by atoms with Gasteiger partial charge in [0.25, 0.3) is 0 Å². The fourth-order valence-corrected chi connectivity index (χ4v) is 2.86. The fraction of sp³-hybridized carbons (Fsp3) is 0.529. The summed E-state index contributed by atoms with van der Waals surface area (Å²) in [5.41, 5.74) is 0.705. The summed E-state index contributed by atoms with van der Waals surface area (Å²) in [5.74, 6) is 0.384. The maximum absolute atomic E-state index is 12.3. The number of carbonyl (C=O) groups excluding carboxylic acids is 2. The summed E-state index contributed by atoms with van der Waals surface area (Å²) < 4.78 is 9.89. The molecule has 0 radical (unpaired) electrons. The first kappa shape index (κ1) is 17.3. The van der Waals surface area contributed by atoms with Crippen molar-refractivity contribution in [2.75, 3.05) is 32.6 Å². The summed E-state index contributed by atoms with van der Waals surface area (Å²) in [6, 6.07) is 7.33. The number of nitrogens with one attached hydrogen (secondary N) is 1. The number of rotatable bonds is 6. The number of hydrogen-bond donors (Lipinski definition) is 1. The van der Waals surface area contributed by atoms with Crippen molar-refractivity contribution in [3.63, 3.8) is 0 Å². The maximum Gasteiger partial charge on any atom is 0.307 e. The van der Waals surface area contributed by atoms with Crippen molar-refractivity contribution in [1.82, 2.24) is 4.90 Å². The standard InChI is InChI=1S/C17H24N2O4/c1-22-15-8-5-6-13(10-15)18-16(20)12-19-9-4-3-7-14(19)11-17(21)23-2/h5-6,8,10,14H,3-4,7,9,11-12H2,1-2H3,(H,18,20)/t14-/m1/s1. The second-order valence-electron chi connectivity index (χ2n) is 5.68. The fourth-order valence-electron chi connectivity index (χ4n) is 2.86. The van der Waals surface area contributed by atoms with Gasteiger partial charge in [0.2, 0.25) is 5.91 Å². The van der Waals surface area contributed by atoms with Crippen LogP contribution in [-0.2, 0) is 14.3 Å². The average molecular weight is 320 g/mol. The van der Waals surface area contributed by atoms with Gasteiger partial charge in [-0.05, 0) is 31.5 Å². The normalized spacial score (nSPS) is 18.3. The molecule has 1 amide bonds. The van der Waals surface area contributed by atoms with Gasteiger partial charge in [-0.15, -0.1) is 0 Å². The van der Waals surface area contributed by atoms with E-state index in [1.165, 1.54) is 7.11 Å². The molecule has 1 saturated heterocycles. The van der Waals surface area contributed by atoms with E-state index in [-0.39, 0.29) is 24.5 Å². The lowest BCUT2D eigenvalue weighted by molar-refractivity contribution is -0.142. The van der Waals surface area contributed by atoms with E-state index in [0.717, 1.165) is 25.8 Å². The molecule has 6 nitrogen and oxygen atoms in total. The van der Waals surface area contributed by atoms with Gasteiger partial charge < -0.3 is 14.8 Å². The monoisotopic (exact) mass is 320 g/mol. The number of piperidine rings is 1. The molecule has 1 aromatic rings. The number of esters is 1. The van der Waals surface area contributed by atoms with E-state index in [1.807, 2.05) is 18.2 Å². The molecule has 23 heavy (non-hydrogen) atoms. The molecule has 6 heteroatoms. The topological polar surface area (TPSA) is 67.9 Å². The Hall–Kier alpha value is -2.08. The zero-order valence-corrected chi connectivity index (χ0v) is 13.7. The van der Waals surface area contributed by atoms with E-state index >= 15 is 0 Å². The molecule has 0 unspecified atom stereocenters. The molecule has 0 spiro atoms. The Balaban J connectivity index is 1.92. The molecule has 126 valence electrons. The molecule has 0 aromatic heterocycles. The number of hydrogen-bond acceptors (Lipinski definition) is 5. The van der Waals surface area contributed by atoms with Crippen molar-refractivity contribution >= 4 is 17.6 Å². The Kier molecular flexibility index (Phi) is 6.40. The number of carbonyl (C=O) groups is 2. The van der Waals surface area contributed by atoms with Gasteiger partial charge in [0.15, 0.2) is 0 Å². The molecule has 1 heterocycles. The molecule has 0 saturated carbocycles. The van der Waals surface area contributed by atoms with Crippen LogP contribution in [0.15, 0.2) is 24.3 Å². The first-order valence-electron chi connectivity index (χ1n) is 7.87. The Morgan fingerprint density at radius 1 is 1.30 bits per heavy atom. The Labute approximate surface area is 136 Å². The third-order valence-corrected chi connectivity index (χ3v) is 4.08. The lowest BCUT2D eigenvalue weighted by Gasteiger charge is -2.34. The SMILES string of the molecule is COC(=O)C[C@H]1CCCCN1CC(=O)Nc1cccc(OC)c1. The van der Waals surface area contributed by atoms with E-state index in [4.69, 9.17) is 9.47 Å². The van der Waals surface area contributed by atoms with Gasteiger partial charge in [0.05, 0.1) is 27.2 Å². The molecular formula is C17H24N2O4. The van der Waals surface area contributed by atoms with Crippen molar-refractivity contribution in [3.8, 4) is 5.75 Å². The zero-order valence-electron chi connectivity index (χ0n) is 13.7. The molecule has 0 bridgehead atoms. The third kappa shape index (κ3) is 5.25. The lowest BCUT2D eigenvalue weighted by atomic mass is 9.99. The van der Waals surface area contributed by atoms with Crippen molar-refractivity contribution < 1.29 is 19.1 Å². The van der Waals surface area contributed by atoms with E-state index in [9.17, 15) is 9.59 Å². The predicted molar refractivity (Wildman–Crippen MR) is 87.5 cm³/mol. The summed E-state index contributed by atoms with van der Waals surface area (Å²) in [6.07, 6.45) is 3.38. The Bertz CT molecular complexity index is 547. The molecular weight excluding hydrogens is 296 g/mol. The number of amides is 1. The highest BCUT2D eigenvalue weighted by molar-refractivity contribution is 5.92. The first-order chi connectivity index (χ1) is 11.1. The van der Waals surface area contributed by atoms with Gasteiger partial charge in [-0.25, -0.2) is 0 Å². The predicted octanol–water partition coefficient (Wildman–Crippen LogP) is 2.05. The molecule has 1 fully saturated rings. The maximum atomic E-state index is 12.3. The second-order valence-corrected chi connectivity index (χ2v) is 5.68. The van der Waals surface area contributed by atoms with Crippen molar-refractivity contribution in [2.24, 2.45) is 0 Å². The molecule has 1 atom stereocenters. The van der Waals surface area contributed by atoms with Crippen molar-refractivity contribution in [3.05, 3.63) is 24.3 Å². The van der Waals surface area contributed by atoms with Crippen LogP contribution >= 0.6 is 0 Å². The smallest absolute Gasteiger partial charge is 0.307 e. The Morgan fingerprint density at radius 3 is 2.87 bits per heavy atom. The summed E-state index contributed by atoms with van der Waals surface area (Å²) in [5, 5.41) is 2.88. The highest BCUT2D eigenvalue weighted by Gasteiger charge is 2.26. The van der Waals surface area contributed by atoms with Gasteiger partial charge >= 0.3 is 5.97 Å². The van der Waals surface area contributed by atoms with Crippen LogP contribution in [0.3, 0.4) is 0 Å². The molecule has 0 aliphatic carbocycles. The van der Waals surface area contributed by atoms with Crippen LogP contribution in [0.1, 0.15) is 25.7 Å². The number of likely N-dealkylation sites (tertiary alicyclic amines) is 1. The van der Waals surface area contributed by atoms with E-state index < -0.39 is 0 Å². The van der Waals surface area contributed by atoms with Gasteiger partial charge in [-0.1, -0.05) is 12.5 Å². The quantitative estimate of drug-likeness (QED) is 0.813. The number of methoxy groups -OCH3 is 2. The van der Waals surface area contributed by atoms with Gasteiger partial charge in [-0.2, -0.15) is 0 Å². The Morgan fingerprint density at radius 2 is 2.13 bits per heavy atom. The molecule has 1 aliphatic rings. The molecule has 1 aromatic carbocycles. The second kappa shape index (κ2) is 8.53. The minimum Gasteiger partial charge on any atom is -0.497 e.